The van der Waals surface area contributed by atoms with Crippen molar-refractivity contribution in [2.45, 2.75) is 71.7 Å². The van der Waals surface area contributed by atoms with E-state index >= 15 is 0 Å². The lowest BCUT2D eigenvalue weighted by Crippen LogP contribution is -2.47. The van der Waals surface area contributed by atoms with E-state index in [2.05, 4.69) is 87.9 Å². The Hall–Kier alpha value is -0.123. The number of rotatable bonds is 7. The summed E-state index contributed by atoms with van der Waals surface area (Å²) in [6.07, 6.45) is 2.46. The van der Waals surface area contributed by atoms with Crippen LogP contribution >= 0.6 is 15.9 Å². The molecule has 0 aromatic heterocycles. The van der Waals surface area contributed by atoms with Crippen LogP contribution in [0.5, 0.6) is 0 Å². The van der Waals surface area contributed by atoms with Crippen molar-refractivity contribution >= 4 is 24.2 Å². The lowest BCUT2D eigenvalue weighted by atomic mass is 9.99. The fraction of sp³-hybridized carbons (Fsp3) is 0.667. The molecule has 0 saturated heterocycles. The van der Waals surface area contributed by atoms with Crippen molar-refractivity contribution in [2.24, 2.45) is 5.92 Å². The van der Waals surface area contributed by atoms with Crippen molar-refractivity contribution in [3.8, 4) is 0 Å². The van der Waals surface area contributed by atoms with Gasteiger partial charge in [-0.05, 0) is 55.4 Å². The van der Waals surface area contributed by atoms with Gasteiger partial charge in [-0.25, -0.2) is 0 Å². The smallest absolute Gasteiger partial charge is 0.192 e. The standard InChI is InChI=1S/C18H31BrOSi/c1-14(2)18(4,5)21(6,7)20-15(3)12-13-16-10-8-9-11-17(16)19/h8-11,14-15H,12-13H2,1-7H3. The van der Waals surface area contributed by atoms with Gasteiger partial charge in [0.15, 0.2) is 8.32 Å². The fourth-order valence-corrected chi connectivity index (χ4v) is 5.77. The van der Waals surface area contributed by atoms with E-state index in [4.69, 9.17) is 4.43 Å². The van der Waals surface area contributed by atoms with Gasteiger partial charge in [-0.15, -0.1) is 0 Å². The molecule has 21 heavy (non-hydrogen) atoms. The molecule has 1 aromatic rings. The lowest BCUT2D eigenvalue weighted by Gasteiger charge is -2.44. The van der Waals surface area contributed by atoms with Gasteiger partial charge in [0.05, 0.1) is 0 Å². The number of hydrogen-bond donors (Lipinski definition) is 0. The Labute approximate surface area is 140 Å². The van der Waals surface area contributed by atoms with Crippen molar-refractivity contribution in [3.63, 3.8) is 0 Å². The Morgan fingerprint density at radius 2 is 1.71 bits per heavy atom. The van der Waals surface area contributed by atoms with Gasteiger partial charge in [0.2, 0.25) is 0 Å². The first-order valence-electron chi connectivity index (χ1n) is 7.99. The van der Waals surface area contributed by atoms with Crippen molar-refractivity contribution in [1.29, 1.82) is 0 Å². The number of aryl methyl sites for hydroxylation is 1. The monoisotopic (exact) mass is 370 g/mol. The predicted molar refractivity (Wildman–Crippen MR) is 99.4 cm³/mol. The van der Waals surface area contributed by atoms with Gasteiger partial charge < -0.3 is 4.43 Å². The quantitative estimate of drug-likeness (QED) is 0.502. The maximum Gasteiger partial charge on any atom is 0.192 e. The molecule has 1 rings (SSSR count). The molecule has 0 aliphatic carbocycles. The molecule has 0 heterocycles. The van der Waals surface area contributed by atoms with Gasteiger partial charge in [-0.1, -0.05) is 61.8 Å². The second kappa shape index (κ2) is 7.43. The molecule has 0 spiro atoms. The fourth-order valence-electron chi connectivity index (χ4n) is 2.47. The first kappa shape index (κ1) is 18.9. The van der Waals surface area contributed by atoms with Crippen LogP contribution in [0.4, 0.5) is 0 Å². The molecule has 0 bridgehead atoms. The summed E-state index contributed by atoms with van der Waals surface area (Å²) >= 11 is 3.63. The molecule has 0 fully saturated rings. The summed E-state index contributed by atoms with van der Waals surface area (Å²) in [7, 11) is -1.72. The number of hydrogen-bond acceptors (Lipinski definition) is 1. The van der Waals surface area contributed by atoms with Crippen molar-refractivity contribution in [3.05, 3.63) is 34.3 Å². The SMILES string of the molecule is CC(CCc1ccccc1Br)O[Si](C)(C)C(C)(C)C(C)C. The molecule has 1 nitrogen and oxygen atoms in total. The van der Waals surface area contributed by atoms with Gasteiger partial charge in [-0.3, -0.25) is 0 Å². The van der Waals surface area contributed by atoms with Crippen molar-refractivity contribution in [1.82, 2.24) is 0 Å². The summed E-state index contributed by atoms with van der Waals surface area (Å²) in [6.45, 7) is 16.3. The van der Waals surface area contributed by atoms with Gasteiger partial charge in [0.25, 0.3) is 0 Å². The molecule has 0 aliphatic rings. The summed E-state index contributed by atoms with van der Waals surface area (Å²) in [5.74, 6) is 0.648. The van der Waals surface area contributed by atoms with Gasteiger partial charge in [0.1, 0.15) is 0 Å². The Kier molecular flexibility index (Phi) is 6.70. The summed E-state index contributed by atoms with van der Waals surface area (Å²) in [5.41, 5.74) is 1.37. The minimum atomic E-state index is -1.72. The van der Waals surface area contributed by atoms with Crippen LogP contribution in [0.25, 0.3) is 0 Å². The van der Waals surface area contributed by atoms with Crippen molar-refractivity contribution in [2.75, 3.05) is 0 Å². The van der Waals surface area contributed by atoms with Gasteiger partial charge >= 0.3 is 0 Å². The highest BCUT2D eigenvalue weighted by Crippen LogP contribution is 2.45. The largest absolute Gasteiger partial charge is 0.414 e. The molecule has 0 N–H and O–H groups in total. The van der Waals surface area contributed by atoms with E-state index in [-0.39, 0.29) is 5.04 Å². The third-order valence-electron chi connectivity index (χ3n) is 5.27. The lowest BCUT2D eigenvalue weighted by molar-refractivity contribution is 0.180. The first-order chi connectivity index (χ1) is 9.58. The topological polar surface area (TPSA) is 9.23 Å². The van der Waals surface area contributed by atoms with E-state index < -0.39 is 8.32 Å². The van der Waals surface area contributed by atoms with Crippen LogP contribution in [0.15, 0.2) is 28.7 Å². The Balaban J connectivity index is 2.61. The zero-order valence-electron chi connectivity index (χ0n) is 14.7. The molecule has 120 valence electrons. The summed E-state index contributed by atoms with van der Waals surface area (Å²) < 4.78 is 7.75. The zero-order chi connectivity index (χ0) is 16.3. The molecular formula is C18H31BrOSi. The van der Waals surface area contributed by atoms with Crippen molar-refractivity contribution < 1.29 is 4.43 Å². The normalized spacial score (nSPS) is 14.5. The highest BCUT2D eigenvalue weighted by Gasteiger charge is 2.43. The van der Waals surface area contributed by atoms with Crippen LogP contribution in [0, 0.1) is 5.92 Å². The minimum Gasteiger partial charge on any atom is -0.414 e. The molecule has 0 radical (unpaired) electrons. The molecular weight excluding hydrogens is 340 g/mol. The molecule has 1 aromatic carbocycles. The average Bonchev–Trinajstić information content (AvgIpc) is 2.36. The van der Waals surface area contributed by atoms with E-state index in [0.29, 0.717) is 12.0 Å². The third kappa shape index (κ3) is 4.94. The van der Waals surface area contributed by atoms with E-state index in [0.717, 1.165) is 12.8 Å². The highest BCUT2D eigenvalue weighted by atomic mass is 79.9. The first-order valence-corrected chi connectivity index (χ1v) is 11.7. The predicted octanol–water partition coefficient (Wildman–Crippen LogP) is 6.43. The molecule has 0 saturated carbocycles. The zero-order valence-corrected chi connectivity index (χ0v) is 17.3. The molecule has 1 unspecified atom stereocenters. The van der Waals surface area contributed by atoms with Crippen LogP contribution in [-0.2, 0) is 10.8 Å². The van der Waals surface area contributed by atoms with Crippen LogP contribution in [0.1, 0.15) is 46.6 Å². The average molecular weight is 371 g/mol. The Morgan fingerprint density at radius 1 is 1.14 bits per heavy atom. The second-order valence-corrected chi connectivity index (χ2v) is 12.8. The van der Waals surface area contributed by atoms with E-state index in [1.807, 2.05) is 0 Å². The van der Waals surface area contributed by atoms with Crippen LogP contribution < -0.4 is 0 Å². The van der Waals surface area contributed by atoms with Gasteiger partial charge in [-0.2, -0.15) is 0 Å². The number of benzene rings is 1. The van der Waals surface area contributed by atoms with Gasteiger partial charge in [0, 0.05) is 10.6 Å². The van der Waals surface area contributed by atoms with E-state index in [1.54, 1.807) is 0 Å². The molecule has 0 aliphatic heterocycles. The van der Waals surface area contributed by atoms with E-state index in [9.17, 15) is 0 Å². The third-order valence-corrected chi connectivity index (χ3v) is 10.7. The van der Waals surface area contributed by atoms with Crippen LogP contribution in [0.2, 0.25) is 18.1 Å². The summed E-state index contributed by atoms with van der Waals surface area (Å²) in [4.78, 5) is 0. The highest BCUT2D eigenvalue weighted by molar-refractivity contribution is 9.10. The molecule has 3 heteroatoms. The molecule has 0 amide bonds. The van der Waals surface area contributed by atoms with E-state index in [1.165, 1.54) is 10.0 Å². The Morgan fingerprint density at radius 3 is 2.24 bits per heavy atom. The minimum absolute atomic E-state index is 0.286. The maximum atomic E-state index is 6.55. The van der Waals surface area contributed by atoms with Crippen LogP contribution in [-0.4, -0.2) is 14.4 Å². The van der Waals surface area contributed by atoms with Crippen LogP contribution in [0.3, 0.4) is 0 Å². The maximum absolute atomic E-state index is 6.55. The Bertz CT molecular complexity index is 454. The number of halogens is 1. The summed E-state index contributed by atoms with van der Waals surface area (Å²) in [5, 5.41) is 0.286. The second-order valence-electron chi connectivity index (χ2n) is 7.45. The summed E-state index contributed by atoms with van der Waals surface area (Å²) in [6, 6.07) is 8.47. The molecule has 1 atom stereocenters.